The van der Waals surface area contributed by atoms with E-state index in [-0.39, 0.29) is 0 Å². The Morgan fingerprint density at radius 1 is 1.53 bits per heavy atom. The maximum absolute atomic E-state index is 5.71. The maximum atomic E-state index is 5.71. The van der Waals surface area contributed by atoms with Gasteiger partial charge in [0.15, 0.2) is 0 Å². The molecule has 4 nitrogen and oxygen atoms in total. The molecule has 2 aliphatic heterocycles. The van der Waals surface area contributed by atoms with Crippen molar-refractivity contribution in [1.29, 1.82) is 0 Å². The van der Waals surface area contributed by atoms with Crippen LogP contribution in [-0.4, -0.2) is 43.4 Å². The molecule has 0 spiro atoms. The van der Waals surface area contributed by atoms with E-state index in [2.05, 4.69) is 21.3 Å². The molecule has 4 heteroatoms. The monoisotopic (exact) mass is 204 g/mol. The van der Waals surface area contributed by atoms with Gasteiger partial charge in [0.05, 0.1) is 18.8 Å². The smallest absolute Gasteiger partial charge is 0.136 e. The molecule has 15 heavy (non-hydrogen) atoms. The van der Waals surface area contributed by atoms with Crippen molar-refractivity contribution in [3.8, 4) is 0 Å². The molecule has 3 heterocycles. The molecule has 1 N–H and O–H groups in total. The van der Waals surface area contributed by atoms with Gasteiger partial charge in [0.1, 0.15) is 5.82 Å². The first-order valence-electron chi connectivity index (χ1n) is 5.36. The lowest BCUT2D eigenvalue weighted by Gasteiger charge is -2.25. The van der Waals surface area contributed by atoms with Crippen LogP contribution in [0.3, 0.4) is 0 Å². The standard InChI is InChI=1S/C11H14N3O/c1-2-4-13-11(3-1)14-7-9-10(8-14)15-6-5-12-9/h1-2,4,9-10,12H,5-8H2. The van der Waals surface area contributed by atoms with E-state index in [9.17, 15) is 0 Å². The fourth-order valence-corrected chi connectivity index (χ4v) is 2.26. The lowest BCUT2D eigenvalue weighted by Crippen LogP contribution is -2.47. The third-order valence-electron chi connectivity index (χ3n) is 3.00. The second-order valence-corrected chi connectivity index (χ2v) is 3.98. The van der Waals surface area contributed by atoms with Gasteiger partial charge in [-0.1, -0.05) is 0 Å². The third-order valence-corrected chi connectivity index (χ3v) is 3.00. The van der Waals surface area contributed by atoms with Gasteiger partial charge in [-0.3, -0.25) is 0 Å². The highest BCUT2D eigenvalue weighted by Gasteiger charge is 2.35. The summed E-state index contributed by atoms with van der Waals surface area (Å²) in [5.74, 6) is 0.928. The van der Waals surface area contributed by atoms with E-state index in [4.69, 9.17) is 4.74 Å². The second-order valence-electron chi connectivity index (χ2n) is 3.98. The van der Waals surface area contributed by atoms with Crippen LogP contribution in [0.1, 0.15) is 0 Å². The SMILES string of the molecule is [c]1cccnc1N1CC2NCCOC2C1. The van der Waals surface area contributed by atoms with E-state index in [0.29, 0.717) is 12.1 Å². The number of nitrogens with one attached hydrogen (secondary N) is 1. The van der Waals surface area contributed by atoms with Crippen molar-refractivity contribution < 1.29 is 4.74 Å². The Hall–Kier alpha value is -1.13. The summed E-state index contributed by atoms with van der Waals surface area (Å²) in [4.78, 5) is 6.54. The normalized spacial score (nSPS) is 30.3. The number of aromatic nitrogens is 1. The highest BCUT2D eigenvalue weighted by molar-refractivity contribution is 5.39. The van der Waals surface area contributed by atoms with E-state index in [0.717, 1.165) is 32.1 Å². The van der Waals surface area contributed by atoms with Gasteiger partial charge < -0.3 is 15.0 Å². The average Bonchev–Trinajstić information content (AvgIpc) is 2.74. The molecule has 3 rings (SSSR count). The fourth-order valence-electron chi connectivity index (χ4n) is 2.26. The summed E-state index contributed by atoms with van der Waals surface area (Å²) >= 11 is 0. The largest absolute Gasteiger partial charge is 0.373 e. The van der Waals surface area contributed by atoms with Crippen molar-refractivity contribution >= 4 is 5.82 Å². The quantitative estimate of drug-likeness (QED) is 0.702. The van der Waals surface area contributed by atoms with Crippen LogP contribution < -0.4 is 10.2 Å². The Kier molecular flexibility index (Phi) is 2.31. The minimum atomic E-state index is 0.314. The highest BCUT2D eigenvalue weighted by Crippen LogP contribution is 2.20. The van der Waals surface area contributed by atoms with Crippen LogP contribution >= 0.6 is 0 Å². The van der Waals surface area contributed by atoms with Crippen molar-refractivity contribution in [1.82, 2.24) is 10.3 Å². The summed E-state index contributed by atoms with van der Waals surface area (Å²) in [6.07, 6.45) is 2.12. The molecular weight excluding hydrogens is 190 g/mol. The summed E-state index contributed by atoms with van der Waals surface area (Å²) in [6, 6.07) is 7.40. The fraction of sp³-hybridized carbons (Fsp3) is 0.545. The molecule has 1 aromatic heterocycles. The second kappa shape index (κ2) is 3.79. The molecule has 0 aliphatic carbocycles. The van der Waals surface area contributed by atoms with Gasteiger partial charge in [-0.25, -0.2) is 4.98 Å². The molecule has 0 aromatic carbocycles. The van der Waals surface area contributed by atoms with E-state index in [1.54, 1.807) is 0 Å². The Morgan fingerprint density at radius 2 is 2.53 bits per heavy atom. The number of anilines is 1. The minimum Gasteiger partial charge on any atom is -0.373 e. The zero-order valence-corrected chi connectivity index (χ0v) is 8.52. The van der Waals surface area contributed by atoms with Gasteiger partial charge in [-0.05, 0) is 12.1 Å². The van der Waals surface area contributed by atoms with Crippen molar-refractivity contribution in [2.24, 2.45) is 0 Å². The average molecular weight is 204 g/mol. The number of rotatable bonds is 1. The first-order chi connectivity index (χ1) is 7.43. The summed E-state index contributed by atoms with van der Waals surface area (Å²) in [5, 5.41) is 3.47. The summed E-state index contributed by atoms with van der Waals surface area (Å²) in [7, 11) is 0. The maximum Gasteiger partial charge on any atom is 0.136 e. The molecule has 2 aliphatic rings. The lowest BCUT2D eigenvalue weighted by molar-refractivity contribution is 0.0212. The van der Waals surface area contributed by atoms with Crippen molar-refractivity contribution in [3.05, 3.63) is 24.4 Å². The Morgan fingerprint density at radius 3 is 3.33 bits per heavy atom. The van der Waals surface area contributed by atoms with Crippen LogP contribution in [0.25, 0.3) is 0 Å². The number of pyridine rings is 1. The molecular formula is C11H14N3O. The van der Waals surface area contributed by atoms with E-state index >= 15 is 0 Å². The van der Waals surface area contributed by atoms with E-state index < -0.39 is 0 Å². The third kappa shape index (κ3) is 1.70. The zero-order valence-electron chi connectivity index (χ0n) is 8.52. The van der Waals surface area contributed by atoms with Gasteiger partial charge in [-0.2, -0.15) is 0 Å². The lowest BCUT2D eigenvalue weighted by atomic mass is 10.2. The first-order valence-corrected chi connectivity index (χ1v) is 5.36. The van der Waals surface area contributed by atoms with Crippen molar-refractivity contribution in [2.45, 2.75) is 12.1 Å². The van der Waals surface area contributed by atoms with Crippen LogP contribution in [0.5, 0.6) is 0 Å². The number of hydrogen-bond donors (Lipinski definition) is 1. The summed E-state index contributed by atoms with van der Waals surface area (Å²) < 4.78 is 5.71. The van der Waals surface area contributed by atoms with Gasteiger partial charge in [0.25, 0.3) is 0 Å². The van der Waals surface area contributed by atoms with Crippen LogP contribution in [0, 0.1) is 6.07 Å². The molecule has 2 atom stereocenters. The molecule has 0 bridgehead atoms. The van der Waals surface area contributed by atoms with Crippen LogP contribution in [0.4, 0.5) is 5.82 Å². The Balaban J connectivity index is 1.75. The molecule has 0 amide bonds. The van der Waals surface area contributed by atoms with Gasteiger partial charge in [0.2, 0.25) is 0 Å². The van der Waals surface area contributed by atoms with Crippen LogP contribution in [-0.2, 0) is 4.74 Å². The topological polar surface area (TPSA) is 37.4 Å². The van der Waals surface area contributed by atoms with Crippen molar-refractivity contribution in [2.75, 3.05) is 31.1 Å². The van der Waals surface area contributed by atoms with Gasteiger partial charge in [-0.15, -0.1) is 0 Å². The first kappa shape index (κ1) is 9.12. The van der Waals surface area contributed by atoms with Crippen LogP contribution in [0.15, 0.2) is 18.3 Å². The predicted molar refractivity (Wildman–Crippen MR) is 56.8 cm³/mol. The molecule has 2 unspecified atom stereocenters. The number of ether oxygens (including phenoxy) is 1. The highest BCUT2D eigenvalue weighted by atomic mass is 16.5. The molecule has 2 saturated heterocycles. The number of morpholine rings is 1. The molecule has 79 valence electrons. The summed E-state index contributed by atoms with van der Waals surface area (Å²) in [6.45, 7) is 3.67. The Labute approximate surface area is 89.3 Å². The predicted octanol–water partition coefficient (Wildman–Crippen LogP) is 0.0588. The molecule has 1 radical (unpaired) electrons. The van der Waals surface area contributed by atoms with Gasteiger partial charge >= 0.3 is 0 Å². The van der Waals surface area contributed by atoms with E-state index in [1.807, 2.05) is 18.3 Å². The number of nitrogens with zero attached hydrogens (tertiary/aromatic N) is 2. The minimum absolute atomic E-state index is 0.314. The van der Waals surface area contributed by atoms with E-state index in [1.165, 1.54) is 0 Å². The molecule has 0 saturated carbocycles. The zero-order chi connectivity index (χ0) is 10.1. The van der Waals surface area contributed by atoms with Gasteiger partial charge in [0, 0.05) is 31.9 Å². The van der Waals surface area contributed by atoms with Crippen molar-refractivity contribution in [3.63, 3.8) is 0 Å². The van der Waals surface area contributed by atoms with Crippen LogP contribution in [0.2, 0.25) is 0 Å². The number of hydrogen-bond acceptors (Lipinski definition) is 4. The molecule has 1 aromatic rings. The summed E-state index contributed by atoms with van der Waals surface area (Å²) in [5.41, 5.74) is 0. The number of fused-ring (bicyclic) bond motifs is 1. The Bertz CT molecular complexity index is 316. The molecule has 2 fully saturated rings.